The van der Waals surface area contributed by atoms with Gasteiger partial charge in [-0.1, -0.05) is 42.1 Å². The molecule has 5 nitrogen and oxygen atoms in total. The lowest BCUT2D eigenvalue weighted by atomic mass is 9.89. The van der Waals surface area contributed by atoms with E-state index in [-0.39, 0.29) is 17.0 Å². The largest absolute Gasteiger partial charge is 0.369 e. The topological polar surface area (TPSA) is 52.7 Å². The van der Waals surface area contributed by atoms with Crippen molar-refractivity contribution in [3.8, 4) is 0 Å². The minimum Gasteiger partial charge on any atom is -0.369 e. The Morgan fingerprint density at radius 1 is 0.867 bits per heavy atom. The van der Waals surface area contributed by atoms with Crippen molar-refractivity contribution in [2.45, 2.75) is 42.7 Å². The summed E-state index contributed by atoms with van der Waals surface area (Å²) in [6.45, 7) is 3.65. The predicted molar refractivity (Wildman–Crippen MR) is 123 cm³/mol. The maximum absolute atomic E-state index is 12.9. The molecule has 0 aromatic heterocycles. The molecule has 1 saturated heterocycles. The molecule has 2 fully saturated rings. The molecule has 2 aromatic carbocycles. The summed E-state index contributed by atoms with van der Waals surface area (Å²) in [5.74, 6) is 0. The number of hydrogen-bond acceptors (Lipinski definition) is 4. The molecule has 1 saturated carbocycles. The summed E-state index contributed by atoms with van der Waals surface area (Å²) < 4.78 is 28.8. The molecule has 1 aliphatic carbocycles. The fourth-order valence-electron chi connectivity index (χ4n) is 4.55. The van der Waals surface area contributed by atoms with Gasteiger partial charge in [0.25, 0.3) is 0 Å². The van der Waals surface area contributed by atoms with Crippen molar-refractivity contribution in [2.75, 3.05) is 31.1 Å². The van der Waals surface area contributed by atoms with Gasteiger partial charge in [-0.05, 0) is 55.3 Å². The van der Waals surface area contributed by atoms with E-state index in [1.165, 1.54) is 0 Å². The third kappa shape index (κ3) is 5.11. The van der Waals surface area contributed by atoms with Crippen LogP contribution in [0.1, 0.15) is 25.7 Å². The van der Waals surface area contributed by atoms with Gasteiger partial charge in [-0.25, -0.2) is 13.1 Å². The molecule has 0 unspecified atom stereocenters. The van der Waals surface area contributed by atoms with Crippen molar-refractivity contribution < 1.29 is 8.42 Å². The third-order valence-electron chi connectivity index (χ3n) is 6.12. The van der Waals surface area contributed by atoms with E-state index in [1.807, 2.05) is 18.2 Å². The highest BCUT2D eigenvalue weighted by atomic mass is 35.5. The maximum Gasteiger partial charge on any atom is 0.240 e. The number of benzene rings is 2. The fourth-order valence-corrected chi connectivity index (χ4v) is 6.17. The van der Waals surface area contributed by atoms with E-state index in [1.54, 1.807) is 24.3 Å². The summed E-state index contributed by atoms with van der Waals surface area (Å²) in [5.41, 5.74) is 1.14. The number of nitrogens with zero attached hydrogens (tertiary/aromatic N) is 2. The second-order valence-corrected chi connectivity index (χ2v) is 10.6. The minimum absolute atomic E-state index is 0.0721. The highest BCUT2D eigenvalue weighted by molar-refractivity contribution is 7.89. The average Bonchev–Trinajstić information content (AvgIpc) is 2.74. The van der Waals surface area contributed by atoms with Crippen LogP contribution in [0.25, 0.3) is 0 Å². The van der Waals surface area contributed by atoms with Crippen LogP contribution >= 0.6 is 23.2 Å². The highest BCUT2D eigenvalue weighted by Crippen LogP contribution is 2.28. The molecule has 8 heteroatoms. The van der Waals surface area contributed by atoms with Crippen LogP contribution in [-0.2, 0) is 10.0 Å². The normalized spacial score (nSPS) is 23.5. The zero-order valence-corrected chi connectivity index (χ0v) is 19.1. The number of sulfonamides is 1. The number of rotatable bonds is 5. The molecule has 0 bridgehead atoms. The molecule has 2 atom stereocenters. The Hall–Kier alpha value is -1.31. The van der Waals surface area contributed by atoms with Crippen LogP contribution < -0.4 is 9.62 Å². The Labute approximate surface area is 189 Å². The second kappa shape index (κ2) is 9.45. The van der Waals surface area contributed by atoms with Crippen LogP contribution in [0.15, 0.2) is 53.4 Å². The molecule has 2 aliphatic rings. The molecule has 0 spiro atoms. The van der Waals surface area contributed by atoms with Gasteiger partial charge in [-0.15, -0.1) is 0 Å². The summed E-state index contributed by atoms with van der Waals surface area (Å²) in [7, 11) is -3.57. The zero-order chi connectivity index (χ0) is 21.1. The van der Waals surface area contributed by atoms with Crippen molar-refractivity contribution in [3.05, 3.63) is 58.6 Å². The first kappa shape index (κ1) is 21.9. The molecule has 162 valence electrons. The summed E-state index contributed by atoms with van der Waals surface area (Å²) in [6, 6.07) is 14.5. The molecule has 1 aliphatic heterocycles. The van der Waals surface area contributed by atoms with Crippen molar-refractivity contribution in [1.82, 2.24) is 9.62 Å². The predicted octanol–water partition coefficient (Wildman–Crippen LogP) is 4.41. The van der Waals surface area contributed by atoms with Crippen LogP contribution in [0.3, 0.4) is 0 Å². The number of hydrogen-bond donors (Lipinski definition) is 1. The first-order chi connectivity index (χ1) is 14.4. The standard InChI is InChI=1S/C22H27Cl2N3O2S/c23-17-8-10-20(11-9-17)30(28,29)25-21-6-1-2-7-22(21)27-14-12-26(13-15-27)19-5-3-4-18(24)16-19/h3-5,8-11,16,21-22,25H,1-2,6-7,12-15H2/t21-,22-/m0/s1. The van der Waals surface area contributed by atoms with Crippen LogP contribution in [0.5, 0.6) is 0 Å². The van der Waals surface area contributed by atoms with Gasteiger partial charge in [0.2, 0.25) is 10.0 Å². The second-order valence-electron chi connectivity index (χ2n) is 8.04. The van der Waals surface area contributed by atoms with E-state index >= 15 is 0 Å². The molecule has 2 aromatic rings. The van der Waals surface area contributed by atoms with Gasteiger partial charge in [0.1, 0.15) is 0 Å². The Kier molecular flexibility index (Phi) is 6.90. The summed E-state index contributed by atoms with van der Waals surface area (Å²) in [6.07, 6.45) is 4.07. The summed E-state index contributed by atoms with van der Waals surface area (Å²) >= 11 is 12.1. The molecule has 0 radical (unpaired) electrons. The summed E-state index contributed by atoms with van der Waals surface area (Å²) in [4.78, 5) is 5.06. The lowest BCUT2D eigenvalue weighted by Gasteiger charge is -2.44. The van der Waals surface area contributed by atoms with E-state index in [9.17, 15) is 8.42 Å². The van der Waals surface area contributed by atoms with Crippen LogP contribution in [0.2, 0.25) is 10.0 Å². The van der Waals surface area contributed by atoms with Gasteiger partial charge < -0.3 is 4.90 Å². The monoisotopic (exact) mass is 467 g/mol. The summed E-state index contributed by atoms with van der Waals surface area (Å²) in [5, 5.41) is 1.28. The first-order valence-corrected chi connectivity index (χ1v) is 12.7. The molecule has 1 N–H and O–H groups in total. The Morgan fingerprint density at radius 2 is 1.57 bits per heavy atom. The van der Waals surface area contributed by atoms with Crippen LogP contribution in [0.4, 0.5) is 5.69 Å². The van der Waals surface area contributed by atoms with Gasteiger partial charge in [0.15, 0.2) is 0 Å². The van der Waals surface area contributed by atoms with Crippen molar-refractivity contribution in [2.24, 2.45) is 0 Å². The SMILES string of the molecule is O=S(=O)(N[C@H]1CCCC[C@@H]1N1CCN(c2cccc(Cl)c2)CC1)c1ccc(Cl)cc1. The van der Waals surface area contributed by atoms with Crippen LogP contribution in [-0.4, -0.2) is 51.6 Å². The Balaban J connectivity index is 1.42. The fraction of sp³-hybridized carbons (Fsp3) is 0.455. The van der Waals surface area contributed by atoms with Gasteiger partial charge >= 0.3 is 0 Å². The molecular weight excluding hydrogens is 441 g/mol. The number of nitrogens with one attached hydrogen (secondary N) is 1. The van der Waals surface area contributed by atoms with Crippen LogP contribution in [0, 0.1) is 0 Å². The Bertz CT molecular complexity index is 961. The third-order valence-corrected chi connectivity index (χ3v) is 8.11. The van der Waals surface area contributed by atoms with Crippen molar-refractivity contribution in [3.63, 3.8) is 0 Å². The lowest BCUT2D eigenvalue weighted by Crippen LogP contribution is -2.58. The maximum atomic E-state index is 12.9. The van der Waals surface area contributed by atoms with E-state index in [4.69, 9.17) is 23.2 Å². The average molecular weight is 468 g/mol. The van der Waals surface area contributed by atoms with Gasteiger partial charge in [0, 0.05) is 54.0 Å². The molecule has 0 amide bonds. The van der Waals surface area contributed by atoms with Gasteiger partial charge in [0.05, 0.1) is 4.90 Å². The zero-order valence-electron chi connectivity index (χ0n) is 16.8. The molecule has 30 heavy (non-hydrogen) atoms. The van der Waals surface area contributed by atoms with Crippen molar-refractivity contribution in [1.29, 1.82) is 0 Å². The van der Waals surface area contributed by atoms with E-state index in [2.05, 4.69) is 20.6 Å². The smallest absolute Gasteiger partial charge is 0.240 e. The van der Waals surface area contributed by atoms with Gasteiger partial charge in [-0.3, -0.25) is 4.90 Å². The number of anilines is 1. The highest BCUT2D eigenvalue weighted by Gasteiger charge is 2.34. The van der Waals surface area contributed by atoms with E-state index in [0.717, 1.165) is 62.6 Å². The van der Waals surface area contributed by atoms with Gasteiger partial charge in [-0.2, -0.15) is 0 Å². The molecule has 1 heterocycles. The number of piperazine rings is 1. The minimum atomic E-state index is -3.57. The lowest BCUT2D eigenvalue weighted by molar-refractivity contribution is 0.124. The van der Waals surface area contributed by atoms with E-state index in [0.29, 0.717) is 5.02 Å². The quantitative estimate of drug-likeness (QED) is 0.707. The Morgan fingerprint density at radius 3 is 2.27 bits per heavy atom. The number of halogens is 2. The molecular formula is C22H27Cl2N3O2S. The molecule has 4 rings (SSSR count). The van der Waals surface area contributed by atoms with E-state index < -0.39 is 10.0 Å². The van der Waals surface area contributed by atoms with Crippen molar-refractivity contribution >= 4 is 38.9 Å². The first-order valence-electron chi connectivity index (χ1n) is 10.4.